The summed E-state index contributed by atoms with van der Waals surface area (Å²) < 4.78 is 0. The van der Waals surface area contributed by atoms with Crippen LogP contribution in [0.1, 0.15) is 0 Å². The van der Waals surface area contributed by atoms with E-state index in [1.165, 1.54) is 4.90 Å². The lowest BCUT2D eigenvalue weighted by molar-refractivity contribution is 0.241. The Morgan fingerprint density at radius 3 is 2.14 bits per heavy atom. The molecule has 2 nitrogen and oxygen atoms in total. The molecule has 4 heteroatoms. The van der Waals surface area contributed by atoms with Crippen LogP contribution in [0.2, 0.25) is 0 Å². The minimum absolute atomic E-state index is 0.137. The summed E-state index contributed by atoms with van der Waals surface area (Å²) in [5.74, 6) is 0. The lowest BCUT2D eigenvalue weighted by Gasteiger charge is -2.03. The Bertz CT molecular complexity index is 75.3. The maximum atomic E-state index is 10.3. The fourth-order valence-corrected chi connectivity index (χ4v) is 0.621. The third-order valence-corrected chi connectivity index (χ3v) is 1.32. The van der Waals surface area contributed by atoms with E-state index in [0.29, 0.717) is 11.0 Å². The van der Waals surface area contributed by atoms with Gasteiger partial charge in [-0.25, -0.2) is 0 Å². The molecule has 0 atom stereocenters. The minimum Gasteiger partial charge on any atom is -0.339 e. The molecule has 0 aliphatic carbocycles. The van der Waals surface area contributed by atoms with E-state index in [4.69, 9.17) is 10.7 Å². The van der Waals surface area contributed by atoms with E-state index in [-0.39, 0.29) is 5.24 Å². The molecule has 0 aromatic carbocycles. The Morgan fingerprint density at radius 1 is 1.71 bits per heavy atom. The summed E-state index contributed by atoms with van der Waals surface area (Å²) in [6.07, 6.45) is 0. The van der Waals surface area contributed by atoms with Gasteiger partial charge in [0.1, 0.15) is 0 Å². The monoisotopic (exact) mass is 139 g/mol. The van der Waals surface area contributed by atoms with E-state index in [1.54, 1.807) is 14.1 Å². The van der Waals surface area contributed by atoms with Crippen molar-refractivity contribution < 1.29 is 4.79 Å². The highest BCUT2D eigenvalue weighted by Gasteiger charge is 1.98. The van der Waals surface area contributed by atoms with Gasteiger partial charge in [-0.05, 0) is 10.7 Å². The van der Waals surface area contributed by atoms with Gasteiger partial charge in [-0.1, -0.05) is 0 Å². The van der Waals surface area contributed by atoms with Gasteiger partial charge in [-0.3, -0.25) is 4.79 Å². The molecule has 42 valence electrons. The summed E-state index contributed by atoms with van der Waals surface area (Å²) in [5, 5.41) is -0.137. The molecule has 0 spiro atoms. The molecule has 0 radical (unpaired) electrons. The zero-order chi connectivity index (χ0) is 5.86. The van der Waals surface area contributed by atoms with E-state index in [0.717, 1.165) is 0 Å². The standard InChI is InChI=1S/C3H6ClNOS/c1-5(2)3(6)7-4/h1-2H3. The van der Waals surface area contributed by atoms with Gasteiger partial charge < -0.3 is 4.90 Å². The highest BCUT2D eigenvalue weighted by molar-refractivity contribution is 8.32. The summed E-state index contributed by atoms with van der Waals surface area (Å²) in [5.41, 5.74) is 0. The summed E-state index contributed by atoms with van der Waals surface area (Å²) in [6.45, 7) is 0. The van der Waals surface area contributed by atoms with E-state index < -0.39 is 0 Å². The molecule has 0 aromatic rings. The average molecular weight is 140 g/mol. The van der Waals surface area contributed by atoms with Crippen LogP contribution in [0, 0.1) is 0 Å². The molecule has 0 saturated heterocycles. The fourth-order valence-electron chi connectivity index (χ4n) is 0.0690. The number of hydrogen-bond acceptors (Lipinski definition) is 2. The second kappa shape index (κ2) is 3.16. The van der Waals surface area contributed by atoms with Crippen LogP contribution in [0.5, 0.6) is 0 Å². The van der Waals surface area contributed by atoms with Gasteiger partial charge in [0, 0.05) is 25.1 Å². The van der Waals surface area contributed by atoms with E-state index in [1.807, 2.05) is 0 Å². The first-order chi connectivity index (χ1) is 3.18. The van der Waals surface area contributed by atoms with Gasteiger partial charge in [0.15, 0.2) is 0 Å². The van der Waals surface area contributed by atoms with Gasteiger partial charge in [-0.15, -0.1) is 0 Å². The number of carbonyl (C=O) groups excluding carboxylic acids is 1. The zero-order valence-corrected chi connectivity index (χ0v) is 5.71. The Labute approximate surface area is 51.3 Å². The summed E-state index contributed by atoms with van der Waals surface area (Å²) in [4.78, 5) is 11.7. The van der Waals surface area contributed by atoms with Crippen LogP contribution >= 0.6 is 21.7 Å². The number of rotatable bonds is 0. The summed E-state index contributed by atoms with van der Waals surface area (Å²) in [7, 11) is 9.07. The van der Waals surface area contributed by atoms with Crippen LogP contribution in [-0.2, 0) is 0 Å². The number of halogens is 1. The van der Waals surface area contributed by atoms with Crippen molar-refractivity contribution in [1.82, 2.24) is 4.90 Å². The SMILES string of the molecule is CN(C)C(=O)SCl. The van der Waals surface area contributed by atoms with Gasteiger partial charge in [-0.2, -0.15) is 0 Å². The highest BCUT2D eigenvalue weighted by atomic mass is 35.7. The largest absolute Gasteiger partial charge is 0.339 e. The summed E-state index contributed by atoms with van der Waals surface area (Å²) >= 11 is 0. The molecule has 0 unspecified atom stereocenters. The van der Waals surface area contributed by atoms with Gasteiger partial charge in [0.05, 0.1) is 0 Å². The van der Waals surface area contributed by atoms with Crippen molar-refractivity contribution in [2.24, 2.45) is 0 Å². The normalized spacial score (nSPS) is 8.43. The van der Waals surface area contributed by atoms with E-state index >= 15 is 0 Å². The third-order valence-electron chi connectivity index (χ3n) is 0.431. The van der Waals surface area contributed by atoms with E-state index in [2.05, 4.69) is 0 Å². The van der Waals surface area contributed by atoms with Gasteiger partial charge in [0.25, 0.3) is 5.24 Å². The van der Waals surface area contributed by atoms with Gasteiger partial charge >= 0.3 is 0 Å². The molecular weight excluding hydrogens is 134 g/mol. The molecule has 1 amide bonds. The van der Waals surface area contributed by atoms with Crippen LogP contribution in [0.25, 0.3) is 0 Å². The molecule has 0 N–H and O–H groups in total. The van der Waals surface area contributed by atoms with Crippen molar-refractivity contribution in [2.45, 2.75) is 0 Å². The number of nitrogens with zero attached hydrogens (tertiary/aromatic N) is 1. The molecule has 0 fully saturated rings. The van der Waals surface area contributed by atoms with Crippen molar-refractivity contribution in [2.75, 3.05) is 14.1 Å². The number of carbonyl (C=O) groups is 1. The molecule has 0 aromatic heterocycles. The third kappa shape index (κ3) is 2.76. The molecule has 0 bridgehead atoms. The van der Waals surface area contributed by atoms with Crippen molar-refractivity contribution in [3.8, 4) is 0 Å². The highest BCUT2D eigenvalue weighted by Crippen LogP contribution is 2.09. The number of amides is 1. The zero-order valence-electron chi connectivity index (χ0n) is 4.14. The van der Waals surface area contributed by atoms with Crippen LogP contribution in [-0.4, -0.2) is 24.2 Å². The van der Waals surface area contributed by atoms with Crippen LogP contribution in [0.4, 0.5) is 4.79 Å². The first-order valence-electron chi connectivity index (χ1n) is 1.68. The lowest BCUT2D eigenvalue weighted by Crippen LogP contribution is -2.14. The Kier molecular flexibility index (Phi) is 3.21. The lowest BCUT2D eigenvalue weighted by atomic mass is 11.0. The van der Waals surface area contributed by atoms with E-state index in [9.17, 15) is 4.79 Å². The van der Waals surface area contributed by atoms with Crippen molar-refractivity contribution in [3.63, 3.8) is 0 Å². The first-order valence-corrected chi connectivity index (χ1v) is 3.32. The van der Waals surface area contributed by atoms with Crippen LogP contribution < -0.4 is 0 Å². The molecule has 0 rings (SSSR count). The van der Waals surface area contributed by atoms with Gasteiger partial charge in [0.2, 0.25) is 0 Å². The number of hydrogen-bond donors (Lipinski definition) is 0. The minimum atomic E-state index is -0.137. The van der Waals surface area contributed by atoms with Crippen molar-refractivity contribution in [1.29, 1.82) is 0 Å². The van der Waals surface area contributed by atoms with Crippen LogP contribution in [0.3, 0.4) is 0 Å². The second-order valence-corrected chi connectivity index (χ2v) is 2.20. The quantitative estimate of drug-likeness (QED) is 0.508. The van der Waals surface area contributed by atoms with Crippen molar-refractivity contribution in [3.05, 3.63) is 0 Å². The predicted octanol–water partition coefficient (Wildman–Crippen LogP) is 1.56. The fraction of sp³-hybridized carbons (Fsp3) is 0.667. The maximum absolute atomic E-state index is 10.3. The average Bonchev–Trinajstić information content (AvgIpc) is 1.65. The molecule has 0 aliphatic heterocycles. The summed E-state index contributed by atoms with van der Waals surface area (Å²) in [6, 6.07) is 0. The van der Waals surface area contributed by atoms with Crippen molar-refractivity contribution >= 4 is 26.9 Å². The Balaban J connectivity index is 3.35. The molecular formula is C3H6ClNOS. The molecule has 7 heavy (non-hydrogen) atoms. The molecule has 0 aliphatic rings. The maximum Gasteiger partial charge on any atom is 0.296 e. The predicted molar refractivity (Wildman–Crippen MR) is 32.5 cm³/mol. The molecule has 0 heterocycles. The Morgan fingerprint density at radius 2 is 2.14 bits per heavy atom. The first kappa shape index (κ1) is 7.11. The van der Waals surface area contributed by atoms with Crippen LogP contribution in [0.15, 0.2) is 0 Å². The smallest absolute Gasteiger partial charge is 0.296 e. The Hall–Kier alpha value is 0.110. The second-order valence-electron chi connectivity index (χ2n) is 1.24. The molecule has 0 saturated carbocycles. The topological polar surface area (TPSA) is 20.3 Å².